The molecule has 0 aliphatic carbocycles. The van der Waals surface area contributed by atoms with E-state index < -0.39 is 0 Å². The third kappa shape index (κ3) is 5.10. The summed E-state index contributed by atoms with van der Waals surface area (Å²) in [7, 11) is 3.14. The van der Waals surface area contributed by atoms with Crippen molar-refractivity contribution in [3.63, 3.8) is 0 Å². The van der Waals surface area contributed by atoms with Gasteiger partial charge in [0.1, 0.15) is 5.82 Å². The van der Waals surface area contributed by atoms with E-state index in [1.54, 1.807) is 26.4 Å². The van der Waals surface area contributed by atoms with E-state index in [0.29, 0.717) is 79.6 Å². The van der Waals surface area contributed by atoms with Crippen molar-refractivity contribution in [2.24, 2.45) is 0 Å². The normalized spacial score (nSPS) is 13.9. The number of rotatable bonds is 7. The molecule has 2 heterocycles. The quantitative estimate of drug-likeness (QED) is 0.641. The molecule has 0 unspecified atom stereocenters. The van der Waals surface area contributed by atoms with Gasteiger partial charge >= 0.3 is 0 Å². The lowest BCUT2D eigenvalue weighted by atomic mass is 10.2. The molecule has 1 amide bonds. The van der Waals surface area contributed by atoms with Crippen molar-refractivity contribution < 1.29 is 19.4 Å². The fraction of sp³-hybridized carbons (Fsp3) is 0.526. The van der Waals surface area contributed by atoms with Crippen LogP contribution in [0.4, 0.5) is 11.8 Å². The Morgan fingerprint density at radius 3 is 2.38 bits per heavy atom. The second-order valence-electron chi connectivity index (χ2n) is 6.68. The van der Waals surface area contributed by atoms with Crippen molar-refractivity contribution in [1.29, 1.82) is 0 Å². The number of aromatic nitrogens is 2. The highest BCUT2D eigenvalue weighted by molar-refractivity contribution is 5.91. The number of hydrogen-bond donors (Lipinski definition) is 2. The minimum atomic E-state index is 0. The lowest BCUT2D eigenvalue weighted by Gasteiger charge is -2.35. The minimum Gasteiger partial charge on any atom is -0.493 e. The predicted octanol–water partition coefficient (Wildman–Crippen LogP) is 1.46. The van der Waals surface area contributed by atoms with Crippen LogP contribution in [-0.2, 0) is 4.79 Å². The Kier molecular flexibility index (Phi) is 8.10. The lowest BCUT2D eigenvalue weighted by molar-refractivity contribution is -0.131. The molecule has 3 rings (SSSR count). The maximum Gasteiger partial charge on any atom is 0.228 e. The van der Waals surface area contributed by atoms with Crippen LogP contribution < -0.4 is 20.1 Å². The van der Waals surface area contributed by atoms with Crippen LogP contribution >= 0.6 is 12.4 Å². The highest BCUT2D eigenvalue weighted by Gasteiger charge is 2.23. The summed E-state index contributed by atoms with van der Waals surface area (Å²) in [5.41, 5.74) is 6.85. The van der Waals surface area contributed by atoms with Gasteiger partial charge in [0.25, 0.3) is 0 Å². The molecule has 1 aliphatic heterocycles. The van der Waals surface area contributed by atoms with E-state index in [1.807, 2.05) is 9.80 Å². The van der Waals surface area contributed by atoms with Crippen LogP contribution in [0.1, 0.15) is 19.3 Å². The zero-order valence-corrected chi connectivity index (χ0v) is 17.6. The van der Waals surface area contributed by atoms with Gasteiger partial charge in [0.2, 0.25) is 11.9 Å². The Bertz CT molecular complexity index is 843. The second-order valence-corrected chi connectivity index (χ2v) is 6.68. The molecule has 0 spiro atoms. The van der Waals surface area contributed by atoms with E-state index in [2.05, 4.69) is 9.97 Å². The Hall–Kier alpha value is -2.52. The monoisotopic (exact) mass is 425 g/mol. The highest BCUT2D eigenvalue weighted by atomic mass is 35.5. The molecule has 3 N–H and O–H groups in total. The van der Waals surface area contributed by atoms with Crippen molar-refractivity contribution in [2.45, 2.75) is 19.3 Å². The van der Waals surface area contributed by atoms with Crippen molar-refractivity contribution in [3.05, 3.63) is 12.1 Å². The van der Waals surface area contributed by atoms with Crippen molar-refractivity contribution in [1.82, 2.24) is 14.9 Å². The fourth-order valence-electron chi connectivity index (χ4n) is 3.31. The minimum absolute atomic E-state index is 0. The molecule has 1 fully saturated rings. The predicted molar refractivity (Wildman–Crippen MR) is 114 cm³/mol. The SMILES string of the molecule is COc1cc2nc(N3CCN(C(=O)CCCCO)CC3)nc(N)c2cc1OC.Cl. The summed E-state index contributed by atoms with van der Waals surface area (Å²) >= 11 is 0. The number of ether oxygens (including phenoxy) is 2. The number of halogens is 1. The van der Waals surface area contributed by atoms with Crippen LogP contribution in [0.2, 0.25) is 0 Å². The average molecular weight is 426 g/mol. The largest absolute Gasteiger partial charge is 0.493 e. The number of nitrogens with zero attached hydrogens (tertiary/aromatic N) is 4. The molecule has 10 heteroatoms. The van der Waals surface area contributed by atoms with Crippen LogP contribution in [0, 0.1) is 0 Å². The summed E-state index contributed by atoms with van der Waals surface area (Å²) in [6.07, 6.45) is 1.84. The van der Waals surface area contributed by atoms with Crippen molar-refractivity contribution in [3.8, 4) is 11.5 Å². The van der Waals surface area contributed by atoms with E-state index in [9.17, 15) is 4.79 Å². The Morgan fingerprint density at radius 2 is 1.76 bits per heavy atom. The number of aliphatic hydroxyl groups is 1. The number of amides is 1. The number of carbonyl (C=O) groups excluding carboxylic acids is 1. The van der Waals surface area contributed by atoms with Crippen LogP contribution in [0.15, 0.2) is 12.1 Å². The van der Waals surface area contributed by atoms with Gasteiger partial charge in [-0.15, -0.1) is 12.4 Å². The van der Waals surface area contributed by atoms with Crippen LogP contribution in [0.5, 0.6) is 11.5 Å². The highest BCUT2D eigenvalue weighted by Crippen LogP contribution is 2.34. The number of piperazine rings is 1. The Balaban J connectivity index is 0.00000300. The molecule has 1 aromatic carbocycles. The number of anilines is 2. The topological polar surface area (TPSA) is 114 Å². The van der Waals surface area contributed by atoms with E-state index in [0.717, 1.165) is 0 Å². The maximum atomic E-state index is 12.2. The first-order valence-electron chi connectivity index (χ1n) is 9.40. The van der Waals surface area contributed by atoms with Crippen molar-refractivity contribution in [2.75, 3.05) is 57.6 Å². The first-order valence-corrected chi connectivity index (χ1v) is 9.40. The van der Waals surface area contributed by atoms with Gasteiger partial charge < -0.3 is 30.1 Å². The van der Waals surface area contributed by atoms with Gasteiger partial charge in [0, 0.05) is 50.7 Å². The van der Waals surface area contributed by atoms with E-state index in [-0.39, 0.29) is 24.9 Å². The second kappa shape index (κ2) is 10.3. The van der Waals surface area contributed by atoms with E-state index in [4.69, 9.17) is 20.3 Å². The van der Waals surface area contributed by atoms with Gasteiger partial charge in [-0.05, 0) is 18.9 Å². The maximum absolute atomic E-state index is 12.2. The van der Waals surface area contributed by atoms with Gasteiger partial charge in [-0.25, -0.2) is 4.98 Å². The molecule has 1 aliphatic rings. The zero-order chi connectivity index (χ0) is 20.1. The number of fused-ring (bicyclic) bond motifs is 1. The number of nitrogens with two attached hydrogens (primary N) is 1. The molecule has 0 radical (unpaired) electrons. The van der Waals surface area contributed by atoms with E-state index in [1.165, 1.54) is 0 Å². The molecular formula is C19H28ClN5O4. The third-order valence-corrected chi connectivity index (χ3v) is 4.93. The summed E-state index contributed by atoms with van der Waals surface area (Å²) in [4.78, 5) is 25.2. The first-order chi connectivity index (χ1) is 13.6. The molecule has 9 nitrogen and oxygen atoms in total. The van der Waals surface area contributed by atoms with Gasteiger partial charge in [0.15, 0.2) is 11.5 Å². The van der Waals surface area contributed by atoms with Gasteiger partial charge in [0.05, 0.1) is 19.7 Å². The lowest BCUT2D eigenvalue weighted by Crippen LogP contribution is -2.49. The number of benzene rings is 1. The van der Waals surface area contributed by atoms with Crippen LogP contribution in [-0.4, -0.2) is 72.9 Å². The molecule has 1 saturated heterocycles. The molecule has 0 atom stereocenters. The average Bonchev–Trinajstić information content (AvgIpc) is 2.73. The van der Waals surface area contributed by atoms with Gasteiger partial charge in [-0.1, -0.05) is 0 Å². The molecular weight excluding hydrogens is 398 g/mol. The standard InChI is InChI=1S/C19H27N5O4.ClH/c1-27-15-11-13-14(12-16(15)28-2)21-19(22-18(13)20)24-8-6-23(7-9-24)17(26)5-3-4-10-25;/h11-12,25H,3-10H2,1-2H3,(H2,20,21,22);1H. The summed E-state index contributed by atoms with van der Waals surface area (Å²) in [5, 5.41) is 9.55. The molecule has 29 heavy (non-hydrogen) atoms. The summed E-state index contributed by atoms with van der Waals surface area (Å²) in [6.45, 7) is 2.64. The molecule has 160 valence electrons. The summed E-state index contributed by atoms with van der Waals surface area (Å²) in [6, 6.07) is 3.56. The number of aliphatic hydroxyl groups excluding tert-OH is 1. The Labute approximate surface area is 176 Å². The van der Waals surface area contributed by atoms with Gasteiger partial charge in [-0.3, -0.25) is 4.79 Å². The summed E-state index contributed by atoms with van der Waals surface area (Å²) in [5.74, 6) is 2.21. The molecule has 0 bridgehead atoms. The number of nitrogen functional groups attached to an aromatic ring is 1. The van der Waals surface area contributed by atoms with Crippen molar-refractivity contribution >= 4 is 41.0 Å². The molecule has 1 aromatic heterocycles. The first kappa shape index (κ1) is 22.8. The number of methoxy groups -OCH3 is 2. The van der Waals surface area contributed by atoms with Crippen LogP contribution in [0.25, 0.3) is 10.9 Å². The van der Waals surface area contributed by atoms with Gasteiger partial charge in [-0.2, -0.15) is 4.98 Å². The fourth-order valence-corrected chi connectivity index (χ4v) is 3.31. The smallest absolute Gasteiger partial charge is 0.228 e. The summed E-state index contributed by atoms with van der Waals surface area (Å²) < 4.78 is 10.7. The Morgan fingerprint density at radius 1 is 1.10 bits per heavy atom. The molecule has 0 saturated carbocycles. The van der Waals surface area contributed by atoms with Crippen LogP contribution in [0.3, 0.4) is 0 Å². The number of hydrogen-bond acceptors (Lipinski definition) is 8. The number of unbranched alkanes of at least 4 members (excludes halogenated alkanes) is 1. The third-order valence-electron chi connectivity index (χ3n) is 4.93. The molecule has 2 aromatic rings. The van der Waals surface area contributed by atoms with E-state index >= 15 is 0 Å². The number of carbonyl (C=O) groups is 1. The zero-order valence-electron chi connectivity index (χ0n) is 16.8.